The zero-order valence-electron chi connectivity index (χ0n) is 17.7. The van der Waals surface area contributed by atoms with Crippen molar-refractivity contribution in [1.82, 2.24) is 20.5 Å². The Bertz CT molecular complexity index is 1450. The molecule has 4 N–H and O–H groups in total. The number of hydrogen-bond donors (Lipinski definition) is 4. The molecule has 1 unspecified atom stereocenters. The average molecular weight is 500 g/mol. The number of aromatic nitrogens is 1. The van der Waals surface area contributed by atoms with Gasteiger partial charge in [-0.25, -0.2) is 18.5 Å². The van der Waals surface area contributed by atoms with Gasteiger partial charge < -0.3 is 20.7 Å². The molecular weight excluding hydrogens is 484 g/mol. The molecule has 0 bridgehead atoms. The van der Waals surface area contributed by atoms with Crippen molar-refractivity contribution in [3.63, 3.8) is 0 Å². The fraction of sp³-hybridized carbons (Fsp3) is 0.130. The second-order valence-corrected chi connectivity index (χ2v) is 7.87. The molecule has 1 aliphatic heterocycles. The molecule has 2 heterocycles. The number of rotatable bonds is 6. The summed E-state index contributed by atoms with van der Waals surface area (Å²) in [5, 5.41) is 23.0. The summed E-state index contributed by atoms with van der Waals surface area (Å²) in [6, 6.07) is 5.24. The average Bonchev–Trinajstić information content (AvgIpc) is 3.36. The minimum absolute atomic E-state index is 0.0644. The molecule has 1 aromatic heterocycles. The van der Waals surface area contributed by atoms with Gasteiger partial charge in [-0.15, -0.1) is 0 Å². The number of aromatic amines is 1. The Hall–Kier alpha value is -4.27. The van der Waals surface area contributed by atoms with Crippen LogP contribution in [0, 0.1) is 23.0 Å². The summed E-state index contributed by atoms with van der Waals surface area (Å²) in [7, 11) is 0. The minimum atomic E-state index is -1.60. The molecule has 1 atom stereocenters. The van der Waals surface area contributed by atoms with Crippen molar-refractivity contribution >= 4 is 46.4 Å². The van der Waals surface area contributed by atoms with Gasteiger partial charge in [-0.3, -0.25) is 9.59 Å². The number of aliphatic hydroxyl groups excluding tert-OH is 1. The molecule has 0 spiro atoms. The second-order valence-electron chi connectivity index (χ2n) is 7.46. The van der Waals surface area contributed by atoms with Gasteiger partial charge in [0.25, 0.3) is 5.91 Å². The molecule has 12 heteroatoms. The van der Waals surface area contributed by atoms with Crippen molar-refractivity contribution in [2.24, 2.45) is 0 Å². The van der Waals surface area contributed by atoms with Crippen molar-refractivity contribution < 1.29 is 28.3 Å². The van der Waals surface area contributed by atoms with Gasteiger partial charge in [0.05, 0.1) is 22.7 Å². The molecule has 0 radical (unpaired) electrons. The van der Waals surface area contributed by atoms with Crippen molar-refractivity contribution in [2.45, 2.75) is 6.04 Å². The number of nitrogens with one attached hydrogen (secondary N) is 3. The molecule has 9 nitrogen and oxygen atoms in total. The summed E-state index contributed by atoms with van der Waals surface area (Å²) in [4.78, 5) is 42.1. The number of halogens is 3. The first-order valence-electron chi connectivity index (χ1n) is 10.2. The third-order valence-corrected chi connectivity index (χ3v) is 5.63. The van der Waals surface area contributed by atoms with E-state index in [2.05, 4.69) is 15.6 Å². The maximum Gasteiger partial charge on any atom is 0.330 e. The van der Waals surface area contributed by atoms with E-state index in [0.29, 0.717) is 15.8 Å². The molecule has 35 heavy (non-hydrogen) atoms. The summed E-state index contributed by atoms with van der Waals surface area (Å²) in [5.74, 6) is -3.36. The number of hydrogen-bond acceptors (Lipinski definition) is 5. The largest absolute Gasteiger partial charge is 0.395 e. The Kier molecular flexibility index (Phi) is 6.50. The van der Waals surface area contributed by atoms with E-state index in [1.54, 1.807) is 6.07 Å². The molecule has 1 fully saturated rings. The van der Waals surface area contributed by atoms with Crippen LogP contribution in [-0.4, -0.2) is 46.0 Å². The first-order chi connectivity index (χ1) is 16.8. The molecule has 1 saturated heterocycles. The highest BCUT2D eigenvalue weighted by molar-refractivity contribution is 6.31. The van der Waals surface area contributed by atoms with Crippen LogP contribution in [0.15, 0.2) is 42.2 Å². The Labute approximate surface area is 201 Å². The molecular formula is C23H16ClF2N5O4. The summed E-state index contributed by atoms with van der Waals surface area (Å²) in [6.07, 6.45) is 2.72. The van der Waals surface area contributed by atoms with Crippen LogP contribution in [0.1, 0.15) is 22.7 Å². The van der Waals surface area contributed by atoms with Crippen LogP contribution in [-0.2, 0) is 9.59 Å². The lowest BCUT2D eigenvalue weighted by Crippen LogP contribution is -2.44. The van der Waals surface area contributed by atoms with E-state index >= 15 is 0 Å². The summed E-state index contributed by atoms with van der Waals surface area (Å²) in [5.41, 5.74) is -0.0855. The van der Waals surface area contributed by atoms with Gasteiger partial charge in [0, 0.05) is 23.7 Å². The number of fused-ring (bicyclic) bond motifs is 1. The van der Waals surface area contributed by atoms with Gasteiger partial charge in [-0.1, -0.05) is 23.7 Å². The highest BCUT2D eigenvalue weighted by atomic mass is 35.5. The first kappa shape index (κ1) is 23.9. The Morgan fingerprint density at radius 1 is 1.29 bits per heavy atom. The van der Waals surface area contributed by atoms with Crippen LogP contribution in [0.25, 0.3) is 17.0 Å². The normalized spacial score (nSPS) is 15.4. The zero-order valence-corrected chi connectivity index (χ0v) is 18.5. The van der Waals surface area contributed by atoms with Gasteiger partial charge >= 0.3 is 6.03 Å². The lowest BCUT2D eigenvalue weighted by atomic mass is 10.0. The van der Waals surface area contributed by atoms with E-state index in [9.17, 15) is 23.2 Å². The third-order valence-electron chi connectivity index (χ3n) is 5.33. The number of urea groups is 1. The molecule has 178 valence electrons. The predicted octanol–water partition coefficient (Wildman–Crippen LogP) is 2.71. The monoisotopic (exact) mass is 499 g/mol. The maximum atomic E-state index is 14.3. The number of H-pyrrole nitrogens is 1. The fourth-order valence-corrected chi connectivity index (χ4v) is 3.86. The third kappa shape index (κ3) is 4.32. The molecule has 4 rings (SSSR count). The zero-order chi connectivity index (χ0) is 25.3. The first-order valence-corrected chi connectivity index (χ1v) is 10.5. The SMILES string of the molecule is N#Cc1ccc(C(C(=O)NCCO)N2C(=O)NC(=Cc3c[nH]c4c(F)c(Cl)ccc34)C2=O)cc1F. The maximum absolute atomic E-state index is 14.3. The van der Waals surface area contributed by atoms with Gasteiger partial charge in [0.1, 0.15) is 23.6 Å². The molecule has 0 aliphatic carbocycles. The Balaban J connectivity index is 1.74. The summed E-state index contributed by atoms with van der Waals surface area (Å²) in [6.45, 7) is -0.587. The van der Waals surface area contributed by atoms with Crippen LogP contribution in [0.3, 0.4) is 0 Å². The van der Waals surface area contributed by atoms with Crippen LogP contribution < -0.4 is 10.6 Å². The highest BCUT2D eigenvalue weighted by Crippen LogP contribution is 2.31. The number of benzene rings is 2. The van der Waals surface area contributed by atoms with E-state index in [4.69, 9.17) is 22.0 Å². The number of nitrogens with zero attached hydrogens (tertiary/aromatic N) is 2. The number of amides is 4. The van der Waals surface area contributed by atoms with E-state index in [0.717, 1.165) is 12.1 Å². The van der Waals surface area contributed by atoms with E-state index < -0.39 is 42.1 Å². The van der Waals surface area contributed by atoms with Crippen molar-refractivity contribution in [2.75, 3.05) is 13.2 Å². The van der Waals surface area contributed by atoms with Crippen molar-refractivity contribution in [3.8, 4) is 6.07 Å². The van der Waals surface area contributed by atoms with Gasteiger partial charge in [-0.05, 0) is 29.8 Å². The molecule has 4 amide bonds. The fourth-order valence-electron chi connectivity index (χ4n) is 3.70. The molecule has 1 aliphatic rings. The van der Waals surface area contributed by atoms with Gasteiger partial charge in [-0.2, -0.15) is 5.26 Å². The topological polar surface area (TPSA) is 138 Å². The van der Waals surface area contributed by atoms with Gasteiger partial charge in [0.15, 0.2) is 5.82 Å². The summed E-state index contributed by atoms with van der Waals surface area (Å²) >= 11 is 5.79. The van der Waals surface area contributed by atoms with E-state index in [-0.39, 0.29) is 33.9 Å². The van der Waals surface area contributed by atoms with Crippen LogP contribution >= 0.6 is 11.6 Å². The highest BCUT2D eigenvalue weighted by Gasteiger charge is 2.43. The van der Waals surface area contributed by atoms with Crippen molar-refractivity contribution in [1.29, 1.82) is 5.26 Å². The number of carbonyl (C=O) groups is 3. The van der Waals surface area contributed by atoms with Gasteiger partial charge in [0.2, 0.25) is 5.91 Å². The smallest absolute Gasteiger partial charge is 0.330 e. The van der Waals surface area contributed by atoms with Crippen LogP contribution in [0.2, 0.25) is 5.02 Å². The van der Waals surface area contributed by atoms with E-state index in [1.807, 2.05) is 0 Å². The standard InChI is InChI=1S/C23H16ClF2N5O4/c24-15-4-3-14-13(10-29-19(14)18(15)26)8-17-22(34)31(23(35)30-17)20(21(33)28-5-6-32)11-1-2-12(9-27)16(25)7-11/h1-4,7-8,10,20,29,32H,5-6H2,(H,28,33)(H,30,35). The second kappa shape index (κ2) is 9.54. The lowest BCUT2D eigenvalue weighted by Gasteiger charge is -2.24. The molecule has 0 saturated carbocycles. The number of imide groups is 1. The van der Waals surface area contributed by atoms with Crippen LogP contribution in [0.4, 0.5) is 13.6 Å². The van der Waals surface area contributed by atoms with E-state index in [1.165, 1.54) is 30.5 Å². The minimum Gasteiger partial charge on any atom is -0.395 e. The Morgan fingerprint density at radius 3 is 2.74 bits per heavy atom. The number of nitriles is 1. The quantitative estimate of drug-likeness (QED) is 0.305. The molecule has 2 aromatic carbocycles. The lowest BCUT2D eigenvalue weighted by molar-refractivity contribution is -0.133. The number of aliphatic hydroxyl groups is 1. The number of carbonyl (C=O) groups excluding carboxylic acids is 3. The molecule has 3 aromatic rings. The Morgan fingerprint density at radius 2 is 2.06 bits per heavy atom. The predicted molar refractivity (Wildman–Crippen MR) is 121 cm³/mol. The van der Waals surface area contributed by atoms with Crippen molar-refractivity contribution in [3.05, 3.63) is 75.6 Å². The van der Waals surface area contributed by atoms with Crippen LogP contribution in [0.5, 0.6) is 0 Å². The summed E-state index contributed by atoms with van der Waals surface area (Å²) < 4.78 is 28.5.